The third kappa shape index (κ3) is 2.21. The van der Waals surface area contributed by atoms with E-state index in [-0.39, 0.29) is 22.7 Å². The van der Waals surface area contributed by atoms with Crippen molar-refractivity contribution in [1.29, 1.82) is 5.26 Å². The second-order valence-corrected chi connectivity index (χ2v) is 4.83. The van der Waals surface area contributed by atoms with Crippen molar-refractivity contribution >= 4 is 27.6 Å². The van der Waals surface area contributed by atoms with Crippen molar-refractivity contribution in [3.8, 4) is 17.5 Å². The molecule has 0 amide bonds. The average Bonchev–Trinajstić information content (AvgIpc) is 2.74. The molecule has 20 heavy (non-hydrogen) atoms. The molecule has 1 aromatic heterocycles. The molecule has 2 rings (SSSR count). The summed E-state index contributed by atoms with van der Waals surface area (Å²) in [6, 6.07) is 6.64. The van der Waals surface area contributed by atoms with Crippen molar-refractivity contribution < 1.29 is 14.6 Å². The lowest BCUT2D eigenvalue weighted by atomic mass is 10.2. The zero-order chi connectivity index (χ0) is 14.9. The predicted molar refractivity (Wildman–Crippen MR) is 75.6 cm³/mol. The van der Waals surface area contributed by atoms with E-state index in [0.29, 0.717) is 10.2 Å². The molecule has 0 aliphatic heterocycles. The number of aromatic nitrogens is 1. The molecule has 0 unspecified atom stereocenters. The number of phenolic OH excluding ortho intramolecular Hbond substituents is 1. The fourth-order valence-corrected chi connectivity index (χ4v) is 2.15. The standard InChI is InChI=1S/C13H10BrN3O3/c1-20-13(19)12-11(16)7(5-15)6-17(12)9-3-2-8(14)4-10(9)18/h2-4,6,18H,16H2,1H3. The molecule has 102 valence electrons. The molecule has 1 heterocycles. The first-order valence-electron chi connectivity index (χ1n) is 5.47. The molecular weight excluding hydrogens is 326 g/mol. The largest absolute Gasteiger partial charge is 0.506 e. The van der Waals surface area contributed by atoms with E-state index in [1.54, 1.807) is 12.1 Å². The molecule has 6 nitrogen and oxygen atoms in total. The van der Waals surface area contributed by atoms with Crippen LogP contribution in [0.1, 0.15) is 16.1 Å². The lowest BCUT2D eigenvalue weighted by Gasteiger charge is -2.10. The summed E-state index contributed by atoms with van der Waals surface area (Å²) < 4.78 is 6.68. The van der Waals surface area contributed by atoms with E-state index in [1.807, 2.05) is 6.07 Å². The first kappa shape index (κ1) is 14.0. The van der Waals surface area contributed by atoms with E-state index >= 15 is 0 Å². The third-order valence-electron chi connectivity index (χ3n) is 2.74. The van der Waals surface area contributed by atoms with Gasteiger partial charge in [-0.15, -0.1) is 0 Å². The number of ether oxygens (including phenoxy) is 1. The van der Waals surface area contributed by atoms with Crippen LogP contribution in [-0.2, 0) is 4.74 Å². The number of methoxy groups -OCH3 is 1. The van der Waals surface area contributed by atoms with Gasteiger partial charge in [-0.3, -0.25) is 0 Å². The van der Waals surface area contributed by atoms with Crippen molar-refractivity contribution in [3.63, 3.8) is 0 Å². The number of halogens is 1. The van der Waals surface area contributed by atoms with Gasteiger partial charge in [-0.1, -0.05) is 15.9 Å². The normalized spacial score (nSPS) is 10.1. The van der Waals surface area contributed by atoms with Gasteiger partial charge in [0.1, 0.15) is 11.8 Å². The van der Waals surface area contributed by atoms with Gasteiger partial charge in [0.05, 0.1) is 24.0 Å². The minimum atomic E-state index is -0.689. The summed E-state index contributed by atoms with van der Waals surface area (Å²) >= 11 is 3.23. The van der Waals surface area contributed by atoms with Gasteiger partial charge in [0.25, 0.3) is 0 Å². The summed E-state index contributed by atoms with van der Waals surface area (Å²) in [5.41, 5.74) is 6.24. The highest BCUT2D eigenvalue weighted by Crippen LogP contribution is 2.31. The molecule has 0 atom stereocenters. The number of rotatable bonds is 2. The molecule has 0 aliphatic rings. The molecule has 7 heteroatoms. The number of anilines is 1. The Kier molecular flexibility index (Phi) is 3.68. The molecule has 0 saturated carbocycles. The molecular formula is C13H10BrN3O3. The number of carbonyl (C=O) groups excluding carboxylic acids is 1. The van der Waals surface area contributed by atoms with Crippen LogP contribution in [0.2, 0.25) is 0 Å². The summed E-state index contributed by atoms with van der Waals surface area (Å²) in [6.07, 6.45) is 1.38. The highest BCUT2D eigenvalue weighted by atomic mass is 79.9. The summed E-state index contributed by atoms with van der Waals surface area (Å²) in [6.45, 7) is 0. The van der Waals surface area contributed by atoms with Gasteiger partial charge in [0.15, 0.2) is 5.69 Å². The quantitative estimate of drug-likeness (QED) is 0.819. The van der Waals surface area contributed by atoms with Gasteiger partial charge in [-0.2, -0.15) is 5.26 Å². The topological polar surface area (TPSA) is 101 Å². The van der Waals surface area contributed by atoms with E-state index in [0.717, 1.165) is 0 Å². The van der Waals surface area contributed by atoms with E-state index in [1.165, 1.54) is 23.9 Å². The zero-order valence-corrected chi connectivity index (χ0v) is 12.0. The second-order valence-electron chi connectivity index (χ2n) is 3.91. The molecule has 0 radical (unpaired) electrons. The Hall–Kier alpha value is -2.46. The van der Waals surface area contributed by atoms with E-state index in [9.17, 15) is 9.90 Å². The number of carbonyl (C=O) groups is 1. The lowest BCUT2D eigenvalue weighted by molar-refractivity contribution is 0.0593. The molecule has 3 N–H and O–H groups in total. The summed E-state index contributed by atoms with van der Waals surface area (Å²) in [7, 11) is 1.21. The Morgan fingerprint density at radius 1 is 1.55 bits per heavy atom. The van der Waals surface area contributed by atoms with Gasteiger partial charge in [-0.05, 0) is 18.2 Å². The van der Waals surface area contributed by atoms with Crippen molar-refractivity contribution in [2.45, 2.75) is 0 Å². The van der Waals surface area contributed by atoms with Crippen molar-refractivity contribution in [1.82, 2.24) is 4.57 Å². The van der Waals surface area contributed by atoms with Crippen LogP contribution in [0.15, 0.2) is 28.9 Å². The molecule has 0 saturated heterocycles. The summed E-state index contributed by atoms with van der Waals surface area (Å²) in [5.74, 6) is -0.754. The lowest BCUT2D eigenvalue weighted by Crippen LogP contribution is -2.11. The number of aromatic hydroxyl groups is 1. The predicted octanol–water partition coefficient (Wildman–Crippen LogP) is 2.19. The minimum Gasteiger partial charge on any atom is -0.506 e. The smallest absolute Gasteiger partial charge is 0.357 e. The Morgan fingerprint density at radius 3 is 2.80 bits per heavy atom. The van der Waals surface area contributed by atoms with Crippen LogP contribution in [0.25, 0.3) is 5.69 Å². The SMILES string of the molecule is COC(=O)c1c(N)c(C#N)cn1-c1ccc(Br)cc1O. The fourth-order valence-electron chi connectivity index (χ4n) is 1.80. The zero-order valence-electron chi connectivity index (χ0n) is 10.4. The number of nitrogens with two attached hydrogens (primary N) is 1. The van der Waals surface area contributed by atoms with Gasteiger partial charge >= 0.3 is 5.97 Å². The molecule has 0 aliphatic carbocycles. The van der Waals surface area contributed by atoms with Gasteiger partial charge in [0, 0.05) is 10.7 Å². The van der Waals surface area contributed by atoms with Crippen LogP contribution in [0.3, 0.4) is 0 Å². The highest BCUT2D eigenvalue weighted by Gasteiger charge is 2.22. The number of hydrogen-bond acceptors (Lipinski definition) is 5. The monoisotopic (exact) mass is 335 g/mol. The maximum atomic E-state index is 11.8. The van der Waals surface area contributed by atoms with Crippen LogP contribution in [0.4, 0.5) is 5.69 Å². The minimum absolute atomic E-state index is 0.00155. The van der Waals surface area contributed by atoms with Gasteiger partial charge < -0.3 is 20.1 Å². The van der Waals surface area contributed by atoms with Crippen LogP contribution in [-0.4, -0.2) is 22.8 Å². The Labute approximate surface area is 123 Å². The number of esters is 1. The fraction of sp³-hybridized carbons (Fsp3) is 0.0769. The van der Waals surface area contributed by atoms with E-state index in [2.05, 4.69) is 20.7 Å². The first-order valence-corrected chi connectivity index (χ1v) is 6.27. The summed E-state index contributed by atoms with van der Waals surface area (Å²) in [5, 5.41) is 19.0. The number of phenols is 1. The molecule has 0 bridgehead atoms. The molecule has 1 aromatic carbocycles. The third-order valence-corrected chi connectivity index (χ3v) is 3.23. The van der Waals surface area contributed by atoms with Crippen molar-refractivity contribution in [3.05, 3.63) is 40.1 Å². The maximum absolute atomic E-state index is 11.8. The average molecular weight is 336 g/mol. The number of nitriles is 1. The van der Waals surface area contributed by atoms with Gasteiger partial charge in [0.2, 0.25) is 0 Å². The Balaban J connectivity index is 2.74. The Morgan fingerprint density at radius 2 is 2.25 bits per heavy atom. The molecule has 0 fully saturated rings. The maximum Gasteiger partial charge on any atom is 0.357 e. The molecule has 2 aromatic rings. The van der Waals surface area contributed by atoms with E-state index in [4.69, 9.17) is 11.0 Å². The Bertz CT molecular complexity index is 731. The number of nitrogen functional groups attached to an aromatic ring is 1. The number of hydrogen-bond donors (Lipinski definition) is 2. The summed E-state index contributed by atoms with van der Waals surface area (Å²) in [4.78, 5) is 11.8. The highest BCUT2D eigenvalue weighted by molar-refractivity contribution is 9.10. The molecule has 0 spiro atoms. The van der Waals surface area contributed by atoms with Crippen LogP contribution in [0.5, 0.6) is 5.75 Å². The second kappa shape index (κ2) is 5.27. The van der Waals surface area contributed by atoms with Crippen molar-refractivity contribution in [2.24, 2.45) is 0 Å². The number of nitrogens with zero attached hydrogens (tertiary/aromatic N) is 2. The van der Waals surface area contributed by atoms with Gasteiger partial charge in [-0.25, -0.2) is 4.79 Å². The van der Waals surface area contributed by atoms with Crippen LogP contribution in [0, 0.1) is 11.3 Å². The van der Waals surface area contributed by atoms with Crippen molar-refractivity contribution in [2.75, 3.05) is 12.8 Å². The van der Waals surface area contributed by atoms with Crippen LogP contribution < -0.4 is 5.73 Å². The first-order chi connectivity index (χ1) is 9.49. The van der Waals surface area contributed by atoms with Crippen LogP contribution >= 0.6 is 15.9 Å². The van der Waals surface area contributed by atoms with E-state index < -0.39 is 5.97 Å². The number of benzene rings is 1.